The van der Waals surface area contributed by atoms with Crippen molar-refractivity contribution in [2.75, 3.05) is 23.9 Å². The standard InChI is InChI=1S/C19H18N2O4/c1-25-19(24)14-7-3-4-8-15(14)20-17(22)12-18(23)21-11-10-13-6-2-5-9-16(13)21/h2-9H,10-12H2,1H3,(H,20,22). The molecule has 0 saturated heterocycles. The van der Waals surface area contributed by atoms with Gasteiger partial charge in [-0.05, 0) is 30.2 Å². The highest BCUT2D eigenvalue weighted by molar-refractivity contribution is 6.11. The number of benzene rings is 2. The van der Waals surface area contributed by atoms with Crippen molar-refractivity contribution < 1.29 is 19.1 Å². The average Bonchev–Trinajstić information content (AvgIpc) is 3.05. The van der Waals surface area contributed by atoms with Crippen molar-refractivity contribution in [2.45, 2.75) is 12.8 Å². The van der Waals surface area contributed by atoms with Crippen molar-refractivity contribution in [3.05, 3.63) is 59.7 Å². The summed E-state index contributed by atoms with van der Waals surface area (Å²) in [6.45, 7) is 0.574. The summed E-state index contributed by atoms with van der Waals surface area (Å²) in [5.41, 5.74) is 2.54. The molecule has 6 heteroatoms. The van der Waals surface area contributed by atoms with Crippen LogP contribution in [-0.2, 0) is 20.7 Å². The zero-order valence-electron chi connectivity index (χ0n) is 13.8. The maximum atomic E-state index is 12.5. The zero-order chi connectivity index (χ0) is 17.8. The Labute approximate surface area is 145 Å². The van der Waals surface area contributed by atoms with E-state index in [1.165, 1.54) is 7.11 Å². The van der Waals surface area contributed by atoms with Gasteiger partial charge in [0.1, 0.15) is 6.42 Å². The van der Waals surface area contributed by atoms with Crippen LogP contribution >= 0.6 is 0 Å². The lowest BCUT2D eigenvalue weighted by molar-refractivity contribution is -0.125. The number of esters is 1. The number of methoxy groups -OCH3 is 1. The number of fused-ring (bicyclic) bond motifs is 1. The van der Waals surface area contributed by atoms with Gasteiger partial charge >= 0.3 is 5.97 Å². The van der Waals surface area contributed by atoms with E-state index in [0.717, 1.165) is 17.7 Å². The Morgan fingerprint density at radius 2 is 1.80 bits per heavy atom. The molecule has 0 bridgehead atoms. The second kappa shape index (κ2) is 7.17. The third-order valence-corrected chi connectivity index (χ3v) is 4.11. The highest BCUT2D eigenvalue weighted by atomic mass is 16.5. The maximum Gasteiger partial charge on any atom is 0.339 e. The Morgan fingerprint density at radius 3 is 2.60 bits per heavy atom. The largest absolute Gasteiger partial charge is 0.465 e. The fraction of sp³-hybridized carbons (Fsp3) is 0.211. The molecule has 3 rings (SSSR count). The first-order valence-electron chi connectivity index (χ1n) is 7.95. The van der Waals surface area contributed by atoms with Gasteiger partial charge in [0.15, 0.2) is 0 Å². The average molecular weight is 338 g/mol. The van der Waals surface area contributed by atoms with Gasteiger partial charge in [0.05, 0.1) is 18.4 Å². The zero-order valence-corrected chi connectivity index (χ0v) is 13.8. The number of carbonyl (C=O) groups is 3. The lowest BCUT2D eigenvalue weighted by Gasteiger charge is -2.17. The molecule has 0 radical (unpaired) electrons. The number of hydrogen-bond donors (Lipinski definition) is 1. The molecule has 1 N–H and O–H groups in total. The summed E-state index contributed by atoms with van der Waals surface area (Å²) >= 11 is 0. The minimum Gasteiger partial charge on any atom is -0.465 e. The number of anilines is 2. The van der Waals surface area contributed by atoms with E-state index in [4.69, 9.17) is 4.74 Å². The molecule has 0 saturated carbocycles. The van der Waals surface area contributed by atoms with Crippen molar-refractivity contribution in [1.29, 1.82) is 0 Å². The summed E-state index contributed by atoms with van der Waals surface area (Å²) < 4.78 is 4.69. The number of ether oxygens (including phenoxy) is 1. The molecule has 2 aromatic carbocycles. The molecule has 1 aliphatic heterocycles. The quantitative estimate of drug-likeness (QED) is 0.686. The predicted octanol–water partition coefficient (Wildman–Crippen LogP) is 2.39. The Morgan fingerprint density at radius 1 is 1.08 bits per heavy atom. The number of para-hydroxylation sites is 2. The van der Waals surface area contributed by atoms with Gasteiger partial charge in [-0.2, -0.15) is 0 Å². The van der Waals surface area contributed by atoms with Crippen LogP contribution in [0.3, 0.4) is 0 Å². The minimum atomic E-state index is -0.546. The Balaban J connectivity index is 1.68. The van der Waals surface area contributed by atoms with Gasteiger partial charge < -0.3 is 15.0 Å². The van der Waals surface area contributed by atoms with Gasteiger partial charge in [-0.1, -0.05) is 30.3 Å². The maximum absolute atomic E-state index is 12.5. The first kappa shape index (κ1) is 16.7. The van der Waals surface area contributed by atoms with E-state index in [-0.39, 0.29) is 17.9 Å². The van der Waals surface area contributed by atoms with E-state index in [9.17, 15) is 14.4 Å². The van der Waals surface area contributed by atoms with Crippen molar-refractivity contribution in [3.8, 4) is 0 Å². The van der Waals surface area contributed by atoms with Crippen LogP contribution in [0, 0.1) is 0 Å². The molecule has 6 nitrogen and oxygen atoms in total. The summed E-state index contributed by atoms with van der Waals surface area (Å²) in [6.07, 6.45) is 0.499. The van der Waals surface area contributed by atoms with E-state index < -0.39 is 11.9 Å². The van der Waals surface area contributed by atoms with Gasteiger partial charge in [0.25, 0.3) is 0 Å². The monoisotopic (exact) mass is 338 g/mol. The lowest BCUT2D eigenvalue weighted by Crippen LogP contribution is -2.32. The molecule has 25 heavy (non-hydrogen) atoms. The molecular formula is C19H18N2O4. The normalized spacial score (nSPS) is 12.4. The van der Waals surface area contributed by atoms with E-state index in [1.54, 1.807) is 29.2 Å². The third kappa shape index (κ3) is 3.52. The number of rotatable bonds is 4. The van der Waals surface area contributed by atoms with Gasteiger partial charge in [0.2, 0.25) is 11.8 Å². The van der Waals surface area contributed by atoms with Gasteiger partial charge in [-0.3, -0.25) is 9.59 Å². The van der Waals surface area contributed by atoms with Gasteiger partial charge in [-0.25, -0.2) is 4.79 Å². The molecule has 2 amide bonds. The van der Waals surface area contributed by atoms with E-state index in [1.807, 2.05) is 24.3 Å². The van der Waals surface area contributed by atoms with Crippen LogP contribution in [-0.4, -0.2) is 31.4 Å². The molecular weight excluding hydrogens is 320 g/mol. The predicted molar refractivity (Wildman–Crippen MR) is 93.5 cm³/mol. The van der Waals surface area contributed by atoms with E-state index in [0.29, 0.717) is 12.2 Å². The third-order valence-electron chi connectivity index (χ3n) is 4.11. The first-order chi connectivity index (χ1) is 12.1. The molecule has 2 aromatic rings. The van der Waals surface area contributed by atoms with Crippen LogP contribution in [0.25, 0.3) is 0 Å². The summed E-state index contributed by atoms with van der Waals surface area (Å²) in [4.78, 5) is 38.1. The van der Waals surface area contributed by atoms with Crippen LogP contribution in [0.4, 0.5) is 11.4 Å². The summed E-state index contributed by atoms with van der Waals surface area (Å²) in [6, 6.07) is 14.2. The Hall–Kier alpha value is -3.15. The highest BCUT2D eigenvalue weighted by Gasteiger charge is 2.26. The first-order valence-corrected chi connectivity index (χ1v) is 7.95. The molecule has 0 aromatic heterocycles. The molecule has 1 aliphatic rings. The molecule has 0 spiro atoms. The van der Waals surface area contributed by atoms with Crippen LogP contribution in [0.2, 0.25) is 0 Å². The Kier molecular flexibility index (Phi) is 4.79. The number of hydrogen-bond acceptors (Lipinski definition) is 4. The topological polar surface area (TPSA) is 75.7 Å². The SMILES string of the molecule is COC(=O)c1ccccc1NC(=O)CC(=O)N1CCc2ccccc21. The molecule has 128 valence electrons. The van der Waals surface area contributed by atoms with Gasteiger partial charge in [0, 0.05) is 12.2 Å². The molecule has 0 unspecified atom stereocenters. The number of amides is 2. The molecule has 1 heterocycles. The van der Waals surface area contributed by atoms with Gasteiger partial charge in [-0.15, -0.1) is 0 Å². The summed E-state index contributed by atoms with van der Waals surface area (Å²) in [7, 11) is 1.27. The van der Waals surface area contributed by atoms with Crippen LogP contribution < -0.4 is 10.2 Å². The number of nitrogens with one attached hydrogen (secondary N) is 1. The van der Waals surface area contributed by atoms with E-state index >= 15 is 0 Å². The molecule has 0 fully saturated rings. The van der Waals surface area contributed by atoms with Crippen molar-refractivity contribution >= 4 is 29.2 Å². The highest BCUT2D eigenvalue weighted by Crippen LogP contribution is 2.28. The van der Waals surface area contributed by atoms with Crippen LogP contribution in [0.1, 0.15) is 22.3 Å². The smallest absolute Gasteiger partial charge is 0.339 e. The minimum absolute atomic E-state index is 0.248. The Bertz CT molecular complexity index is 832. The number of carbonyl (C=O) groups excluding carboxylic acids is 3. The lowest BCUT2D eigenvalue weighted by atomic mass is 10.1. The fourth-order valence-corrected chi connectivity index (χ4v) is 2.90. The van der Waals surface area contributed by atoms with Crippen molar-refractivity contribution in [1.82, 2.24) is 0 Å². The van der Waals surface area contributed by atoms with Crippen molar-refractivity contribution in [3.63, 3.8) is 0 Å². The molecule has 0 atom stereocenters. The summed E-state index contributed by atoms with van der Waals surface area (Å²) in [5, 5.41) is 2.62. The fourth-order valence-electron chi connectivity index (χ4n) is 2.90. The van der Waals surface area contributed by atoms with E-state index in [2.05, 4.69) is 5.32 Å². The number of nitrogens with zero attached hydrogens (tertiary/aromatic N) is 1. The summed E-state index contributed by atoms with van der Waals surface area (Å²) in [5.74, 6) is -1.28. The second-order valence-corrected chi connectivity index (χ2v) is 5.69. The molecule has 0 aliphatic carbocycles. The van der Waals surface area contributed by atoms with Crippen LogP contribution in [0.15, 0.2) is 48.5 Å². The second-order valence-electron chi connectivity index (χ2n) is 5.69. The van der Waals surface area contributed by atoms with Crippen molar-refractivity contribution in [2.24, 2.45) is 0 Å². The van der Waals surface area contributed by atoms with Crippen LogP contribution in [0.5, 0.6) is 0 Å².